The van der Waals surface area contributed by atoms with E-state index in [9.17, 15) is 0 Å². The van der Waals surface area contributed by atoms with E-state index in [1.165, 1.54) is 18.4 Å². The first-order valence-corrected chi connectivity index (χ1v) is 8.36. The van der Waals surface area contributed by atoms with Gasteiger partial charge in [0.2, 0.25) is 0 Å². The third-order valence-electron chi connectivity index (χ3n) is 3.40. The summed E-state index contributed by atoms with van der Waals surface area (Å²) in [5.41, 5.74) is 2.25. The molecule has 0 aliphatic heterocycles. The van der Waals surface area contributed by atoms with Crippen LogP contribution in [0.15, 0.2) is 37.2 Å². The summed E-state index contributed by atoms with van der Waals surface area (Å²) in [7, 11) is 0. The molecule has 1 fully saturated rings. The van der Waals surface area contributed by atoms with Crippen LogP contribution in [0.4, 0.5) is 0 Å². The highest BCUT2D eigenvalue weighted by Gasteiger charge is 2.20. The molecule has 1 aliphatic carbocycles. The summed E-state index contributed by atoms with van der Waals surface area (Å²) < 4.78 is 6.73. The second kappa shape index (κ2) is 5.92. The van der Waals surface area contributed by atoms with Crippen molar-refractivity contribution in [3.8, 4) is 0 Å². The number of nitrogens with zero attached hydrogens (tertiary/aromatic N) is 1. The number of hydrogen-bond acceptors (Lipinski definition) is 4. The van der Waals surface area contributed by atoms with E-state index in [-0.39, 0.29) is 0 Å². The molecule has 1 heterocycles. The zero-order valence-corrected chi connectivity index (χ0v) is 14.0. The largest absolute Gasteiger partial charge is 0.436 e. The number of benzene rings is 1. The molecule has 0 radical (unpaired) electrons. The van der Waals surface area contributed by atoms with Gasteiger partial charge in [-0.05, 0) is 56.1 Å². The molecular weight excluding hydrogens is 336 g/mol. The maximum Gasteiger partial charge on any atom is 0.260 e. The van der Waals surface area contributed by atoms with Gasteiger partial charge in [0.25, 0.3) is 5.22 Å². The van der Waals surface area contributed by atoms with Gasteiger partial charge in [-0.3, -0.25) is 0 Å². The van der Waals surface area contributed by atoms with E-state index < -0.39 is 0 Å². The fraction of sp³-hybridized carbons (Fsp3) is 0.400. The molecular formula is C15H17BrN2OS. The highest BCUT2D eigenvalue weighted by atomic mass is 79.9. The van der Waals surface area contributed by atoms with Crippen molar-refractivity contribution >= 4 is 27.7 Å². The van der Waals surface area contributed by atoms with Gasteiger partial charge in [-0.2, -0.15) is 0 Å². The number of aryl methyl sites for hydroxylation is 2. The Labute approximate surface area is 131 Å². The quantitative estimate of drug-likeness (QED) is 0.862. The van der Waals surface area contributed by atoms with E-state index in [1.807, 2.05) is 13.8 Å². The van der Waals surface area contributed by atoms with Gasteiger partial charge in [0.05, 0.1) is 5.69 Å². The Morgan fingerprint density at radius 3 is 2.80 bits per heavy atom. The first-order chi connectivity index (χ1) is 9.61. The van der Waals surface area contributed by atoms with Crippen molar-refractivity contribution < 1.29 is 4.42 Å². The smallest absolute Gasteiger partial charge is 0.260 e. The van der Waals surface area contributed by atoms with Gasteiger partial charge in [-0.15, -0.1) is 0 Å². The molecule has 5 heteroatoms. The van der Waals surface area contributed by atoms with Gasteiger partial charge in [0.1, 0.15) is 5.76 Å². The zero-order chi connectivity index (χ0) is 14.1. The predicted octanol–water partition coefficient (Wildman–Crippen LogP) is 4.46. The maximum atomic E-state index is 5.60. The van der Waals surface area contributed by atoms with Crippen LogP contribution in [-0.4, -0.2) is 11.0 Å². The summed E-state index contributed by atoms with van der Waals surface area (Å²) in [5.74, 6) is 0.886. The molecule has 20 heavy (non-hydrogen) atoms. The lowest BCUT2D eigenvalue weighted by Gasteiger charge is -2.07. The number of oxazole rings is 1. The second-order valence-corrected chi connectivity index (χ2v) is 7.01. The standard InChI is InChI=1S/C15H17BrN2OS/c1-9-10(2)19-15(18-9)20-13-6-3-11(14(16)7-13)8-17-12-4-5-12/h3,6-7,12,17H,4-5,8H2,1-2H3. The van der Waals surface area contributed by atoms with Crippen LogP contribution in [0.5, 0.6) is 0 Å². The molecule has 0 spiro atoms. The topological polar surface area (TPSA) is 38.1 Å². The summed E-state index contributed by atoms with van der Waals surface area (Å²) in [6, 6.07) is 7.14. The van der Waals surface area contributed by atoms with E-state index in [4.69, 9.17) is 4.42 Å². The van der Waals surface area contributed by atoms with Crippen molar-refractivity contribution in [3.05, 3.63) is 39.7 Å². The van der Waals surface area contributed by atoms with Crippen LogP contribution in [0, 0.1) is 13.8 Å². The molecule has 0 amide bonds. The van der Waals surface area contributed by atoms with E-state index in [0.29, 0.717) is 5.22 Å². The molecule has 0 bridgehead atoms. The van der Waals surface area contributed by atoms with Crippen molar-refractivity contribution in [2.75, 3.05) is 0 Å². The minimum absolute atomic E-state index is 0.704. The van der Waals surface area contributed by atoms with Gasteiger partial charge in [-0.1, -0.05) is 22.0 Å². The van der Waals surface area contributed by atoms with E-state index >= 15 is 0 Å². The van der Waals surface area contributed by atoms with Gasteiger partial charge in [0, 0.05) is 22.0 Å². The fourth-order valence-electron chi connectivity index (χ4n) is 1.86. The van der Waals surface area contributed by atoms with Crippen molar-refractivity contribution in [1.82, 2.24) is 10.3 Å². The normalized spacial score (nSPS) is 14.8. The predicted molar refractivity (Wildman–Crippen MR) is 84.1 cm³/mol. The van der Waals surface area contributed by atoms with Crippen molar-refractivity contribution in [1.29, 1.82) is 0 Å². The van der Waals surface area contributed by atoms with Gasteiger partial charge in [0.15, 0.2) is 0 Å². The lowest BCUT2D eigenvalue weighted by atomic mass is 10.2. The third kappa shape index (κ3) is 3.45. The molecule has 106 valence electrons. The zero-order valence-electron chi connectivity index (χ0n) is 11.6. The molecule has 0 atom stereocenters. The Morgan fingerprint density at radius 2 is 2.20 bits per heavy atom. The molecule has 2 aromatic rings. The van der Waals surface area contributed by atoms with Crippen molar-refractivity contribution in [2.24, 2.45) is 0 Å². The fourth-order valence-corrected chi connectivity index (χ4v) is 3.40. The number of halogens is 1. The summed E-state index contributed by atoms with van der Waals surface area (Å²) in [6.45, 7) is 4.83. The van der Waals surface area contributed by atoms with Crippen LogP contribution in [-0.2, 0) is 6.54 Å². The van der Waals surface area contributed by atoms with Gasteiger partial charge >= 0.3 is 0 Å². The Bertz CT molecular complexity index is 603. The van der Waals surface area contributed by atoms with Gasteiger partial charge in [-0.25, -0.2) is 4.98 Å². The summed E-state index contributed by atoms with van der Waals surface area (Å²) in [4.78, 5) is 5.53. The average molecular weight is 353 g/mol. The van der Waals surface area contributed by atoms with E-state index in [0.717, 1.165) is 33.4 Å². The first-order valence-electron chi connectivity index (χ1n) is 6.75. The highest BCUT2D eigenvalue weighted by molar-refractivity contribution is 9.10. The minimum atomic E-state index is 0.704. The SMILES string of the molecule is Cc1nc(Sc2ccc(CNC3CC3)c(Br)c2)oc1C. The van der Waals surface area contributed by atoms with Crippen LogP contribution >= 0.6 is 27.7 Å². The number of nitrogens with one attached hydrogen (secondary N) is 1. The molecule has 1 N–H and O–H groups in total. The third-order valence-corrected chi connectivity index (χ3v) is 4.97. The lowest BCUT2D eigenvalue weighted by Crippen LogP contribution is -2.15. The Balaban J connectivity index is 1.68. The molecule has 3 nitrogen and oxygen atoms in total. The minimum Gasteiger partial charge on any atom is -0.436 e. The summed E-state index contributed by atoms with van der Waals surface area (Å²) in [5, 5.41) is 4.23. The number of hydrogen-bond donors (Lipinski definition) is 1. The average Bonchev–Trinajstić information content (AvgIpc) is 3.16. The lowest BCUT2D eigenvalue weighted by molar-refractivity contribution is 0.431. The molecule has 1 aromatic carbocycles. The monoisotopic (exact) mass is 352 g/mol. The highest BCUT2D eigenvalue weighted by Crippen LogP contribution is 2.31. The van der Waals surface area contributed by atoms with Crippen LogP contribution in [0.25, 0.3) is 0 Å². The second-order valence-electron chi connectivity index (χ2n) is 5.13. The Kier molecular flexibility index (Phi) is 4.19. The van der Waals surface area contributed by atoms with Crippen LogP contribution in [0.1, 0.15) is 29.9 Å². The summed E-state index contributed by atoms with van der Waals surface area (Å²) >= 11 is 5.20. The number of aromatic nitrogens is 1. The first kappa shape index (κ1) is 14.2. The molecule has 1 aromatic heterocycles. The van der Waals surface area contributed by atoms with Gasteiger partial charge < -0.3 is 9.73 Å². The summed E-state index contributed by atoms with van der Waals surface area (Å²) in [6.07, 6.45) is 2.63. The number of rotatable bonds is 5. The van der Waals surface area contributed by atoms with Crippen LogP contribution in [0.2, 0.25) is 0 Å². The maximum absolute atomic E-state index is 5.60. The van der Waals surface area contributed by atoms with E-state index in [2.05, 4.69) is 44.4 Å². The van der Waals surface area contributed by atoms with Crippen molar-refractivity contribution in [3.63, 3.8) is 0 Å². The molecule has 0 unspecified atom stereocenters. The molecule has 1 aliphatic rings. The Morgan fingerprint density at radius 1 is 1.40 bits per heavy atom. The van der Waals surface area contributed by atoms with E-state index in [1.54, 1.807) is 11.8 Å². The van der Waals surface area contributed by atoms with Crippen molar-refractivity contribution in [2.45, 2.75) is 49.4 Å². The Hall–Kier alpha value is -0.780. The van der Waals surface area contributed by atoms with Crippen LogP contribution in [0.3, 0.4) is 0 Å². The van der Waals surface area contributed by atoms with Crippen LogP contribution < -0.4 is 5.32 Å². The molecule has 3 rings (SSSR count). The molecule has 1 saturated carbocycles. The molecule has 0 saturated heterocycles.